The van der Waals surface area contributed by atoms with Gasteiger partial charge in [0.15, 0.2) is 0 Å². The van der Waals surface area contributed by atoms with Crippen LogP contribution in [-0.4, -0.2) is 25.9 Å². The maximum atomic E-state index is 6.03. The van der Waals surface area contributed by atoms with E-state index in [1.54, 1.807) is 7.11 Å². The fourth-order valence-electron chi connectivity index (χ4n) is 4.41. The first-order valence-electron chi connectivity index (χ1n) is 10.0. The molecule has 1 N–H and O–H groups in total. The van der Waals surface area contributed by atoms with Gasteiger partial charge in [0.2, 0.25) is 0 Å². The molecule has 3 heteroatoms. The van der Waals surface area contributed by atoms with Crippen LogP contribution in [0, 0.1) is 0 Å². The molecule has 0 aromatic heterocycles. The predicted octanol–water partition coefficient (Wildman–Crippen LogP) is 5.26. The van der Waals surface area contributed by atoms with Crippen molar-refractivity contribution >= 4 is 0 Å². The van der Waals surface area contributed by atoms with E-state index in [4.69, 9.17) is 9.47 Å². The van der Waals surface area contributed by atoms with Crippen LogP contribution in [0.4, 0.5) is 0 Å². The Bertz CT molecular complexity index is 711. The molecule has 0 saturated carbocycles. The lowest BCUT2D eigenvalue weighted by molar-refractivity contribution is -0.0840. The Labute approximate surface area is 164 Å². The van der Waals surface area contributed by atoms with Gasteiger partial charge in [0.05, 0.1) is 12.7 Å². The molecule has 0 aliphatic carbocycles. The van der Waals surface area contributed by atoms with Crippen LogP contribution in [0.5, 0.6) is 5.75 Å². The molecule has 0 unspecified atom stereocenters. The molecule has 3 nitrogen and oxygen atoms in total. The van der Waals surface area contributed by atoms with Crippen molar-refractivity contribution in [2.24, 2.45) is 0 Å². The average molecular weight is 368 g/mol. The topological polar surface area (TPSA) is 30.5 Å². The Balaban J connectivity index is 1.68. The molecule has 0 radical (unpaired) electrons. The standard InChI is InChI=1S/C24H33NO2/c1-19(20-10-12-22(26-4)13-11-20)25-16-14-24(21-8-6-5-7-9-21)15-17-27-23(2,3)18-24/h5-13,19,25H,14-18H2,1-4H3/t19-,24-/m1/s1. The van der Waals surface area contributed by atoms with Gasteiger partial charge in [-0.05, 0) is 69.8 Å². The minimum absolute atomic E-state index is 0.0737. The zero-order valence-electron chi connectivity index (χ0n) is 17.1. The quantitative estimate of drug-likeness (QED) is 0.724. The fraction of sp³-hybridized carbons (Fsp3) is 0.500. The van der Waals surface area contributed by atoms with Gasteiger partial charge in [-0.15, -0.1) is 0 Å². The maximum Gasteiger partial charge on any atom is 0.118 e. The molecular weight excluding hydrogens is 334 g/mol. The Morgan fingerprint density at radius 2 is 1.78 bits per heavy atom. The second-order valence-corrected chi connectivity index (χ2v) is 8.38. The lowest BCUT2D eigenvalue weighted by Gasteiger charge is -2.45. The van der Waals surface area contributed by atoms with Gasteiger partial charge in [0.25, 0.3) is 0 Å². The molecule has 146 valence electrons. The van der Waals surface area contributed by atoms with E-state index in [2.05, 4.69) is 68.6 Å². The number of benzene rings is 2. The fourth-order valence-corrected chi connectivity index (χ4v) is 4.41. The van der Waals surface area contributed by atoms with Gasteiger partial charge < -0.3 is 14.8 Å². The molecular formula is C24H33NO2. The predicted molar refractivity (Wildman–Crippen MR) is 111 cm³/mol. The highest BCUT2D eigenvalue weighted by molar-refractivity contribution is 5.29. The highest BCUT2D eigenvalue weighted by atomic mass is 16.5. The second-order valence-electron chi connectivity index (χ2n) is 8.38. The van der Waals surface area contributed by atoms with Crippen LogP contribution >= 0.6 is 0 Å². The zero-order valence-corrected chi connectivity index (χ0v) is 17.1. The second kappa shape index (κ2) is 8.45. The van der Waals surface area contributed by atoms with E-state index >= 15 is 0 Å². The number of hydrogen-bond donors (Lipinski definition) is 1. The summed E-state index contributed by atoms with van der Waals surface area (Å²) in [5.74, 6) is 0.901. The first-order valence-corrected chi connectivity index (χ1v) is 10.0. The van der Waals surface area contributed by atoms with Gasteiger partial charge >= 0.3 is 0 Å². The van der Waals surface area contributed by atoms with Crippen molar-refractivity contribution < 1.29 is 9.47 Å². The van der Waals surface area contributed by atoms with Crippen molar-refractivity contribution in [3.63, 3.8) is 0 Å². The van der Waals surface area contributed by atoms with E-state index < -0.39 is 0 Å². The molecule has 1 aliphatic rings. The summed E-state index contributed by atoms with van der Waals surface area (Å²) in [5.41, 5.74) is 2.84. The van der Waals surface area contributed by atoms with Crippen molar-refractivity contribution in [1.82, 2.24) is 5.32 Å². The Kier molecular flexibility index (Phi) is 6.23. The molecule has 0 bridgehead atoms. The number of hydrogen-bond acceptors (Lipinski definition) is 3. The van der Waals surface area contributed by atoms with Crippen molar-refractivity contribution in [2.75, 3.05) is 20.3 Å². The number of nitrogens with one attached hydrogen (secondary N) is 1. The molecule has 2 aromatic rings. The summed E-state index contributed by atoms with van der Waals surface area (Å²) in [5, 5.41) is 3.72. The molecule has 1 heterocycles. The van der Waals surface area contributed by atoms with Crippen molar-refractivity contribution in [1.29, 1.82) is 0 Å². The van der Waals surface area contributed by atoms with Crippen LogP contribution in [0.15, 0.2) is 54.6 Å². The molecule has 2 atom stereocenters. The first-order chi connectivity index (χ1) is 12.9. The maximum absolute atomic E-state index is 6.03. The van der Waals surface area contributed by atoms with E-state index in [1.165, 1.54) is 11.1 Å². The zero-order chi connectivity index (χ0) is 19.3. The molecule has 3 rings (SSSR count). The lowest BCUT2D eigenvalue weighted by Crippen LogP contribution is -2.45. The van der Waals surface area contributed by atoms with Gasteiger partial charge in [0.1, 0.15) is 5.75 Å². The highest BCUT2D eigenvalue weighted by Gasteiger charge is 2.41. The molecule has 27 heavy (non-hydrogen) atoms. The largest absolute Gasteiger partial charge is 0.497 e. The van der Waals surface area contributed by atoms with Crippen LogP contribution in [0.2, 0.25) is 0 Å². The molecule has 2 aromatic carbocycles. The lowest BCUT2D eigenvalue weighted by atomic mass is 9.67. The van der Waals surface area contributed by atoms with E-state index in [-0.39, 0.29) is 11.0 Å². The van der Waals surface area contributed by atoms with Gasteiger partial charge in [-0.1, -0.05) is 42.5 Å². The van der Waals surface area contributed by atoms with Crippen LogP contribution in [0.25, 0.3) is 0 Å². The summed E-state index contributed by atoms with van der Waals surface area (Å²) in [6.45, 7) is 8.48. The number of rotatable bonds is 7. The normalized spacial score (nSPS) is 23.0. The summed E-state index contributed by atoms with van der Waals surface area (Å²) >= 11 is 0. The minimum Gasteiger partial charge on any atom is -0.497 e. The summed E-state index contributed by atoms with van der Waals surface area (Å²) < 4.78 is 11.3. The van der Waals surface area contributed by atoms with Crippen LogP contribution < -0.4 is 10.1 Å². The smallest absolute Gasteiger partial charge is 0.118 e. The third kappa shape index (κ3) is 4.91. The number of methoxy groups -OCH3 is 1. The van der Waals surface area contributed by atoms with Gasteiger partial charge in [-0.2, -0.15) is 0 Å². The van der Waals surface area contributed by atoms with Crippen molar-refractivity contribution in [3.05, 3.63) is 65.7 Å². The first kappa shape index (κ1) is 19.9. The van der Waals surface area contributed by atoms with Crippen LogP contribution in [0.1, 0.15) is 57.2 Å². The molecule has 1 fully saturated rings. The summed E-state index contributed by atoms with van der Waals surface area (Å²) in [4.78, 5) is 0. The Morgan fingerprint density at radius 3 is 2.41 bits per heavy atom. The van der Waals surface area contributed by atoms with Gasteiger partial charge in [0, 0.05) is 18.1 Å². The SMILES string of the molecule is COc1ccc([C@@H](C)NCC[C@@]2(c3ccccc3)CCOC(C)(C)C2)cc1. The van der Waals surface area contributed by atoms with Crippen LogP contribution in [0.3, 0.4) is 0 Å². The molecule has 0 spiro atoms. The van der Waals surface area contributed by atoms with Crippen molar-refractivity contribution in [3.8, 4) is 5.75 Å². The molecule has 0 amide bonds. The van der Waals surface area contributed by atoms with Gasteiger partial charge in [-0.25, -0.2) is 0 Å². The van der Waals surface area contributed by atoms with Gasteiger partial charge in [-0.3, -0.25) is 0 Å². The number of ether oxygens (including phenoxy) is 2. The third-order valence-corrected chi connectivity index (χ3v) is 5.89. The van der Waals surface area contributed by atoms with E-state index in [1.807, 2.05) is 12.1 Å². The summed E-state index contributed by atoms with van der Waals surface area (Å²) in [6.07, 6.45) is 3.26. The van der Waals surface area contributed by atoms with E-state index in [0.29, 0.717) is 6.04 Å². The Morgan fingerprint density at radius 1 is 1.07 bits per heavy atom. The minimum atomic E-state index is -0.0737. The molecule has 1 aliphatic heterocycles. The monoisotopic (exact) mass is 367 g/mol. The summed E-state index contributed by atoms with van der Waals surface area (Å²) in [7, 11) is 1.70. The van der Waals surface area contributed by atoms with Crippen molar-refractivity contribution in [2.45, 2.75) is 57.1 Å². The molecule has 1 saturated heterocycles. The third-order valence-electron chi connectivity index (χ3n) is 5.89. The Hall–Kier alpha value is -1.84. The van der Waals surface area contributed by atoms with E-state index in [0.717, 1.165) is 38.2 Å². The highest BCUT2D eigenvalue weighted by Crippen LogP contribution is 2.43. The average Bonchev–Trinajstić information content (AvgIpc) is 2.68. The van der Waals surface area contributed by atoms with E-state index in [9.17, 15) is 0 Å². The van der Waals surface area contributed by atoms with Crippen LogP contribution in [-0.2, 0) is 10.2 Å². The summed E-state index contributed by atoms with van der Waals surface area (Å²) in [6, 6.07) is 19.6.